The zero-order valence-corrected chi connectivity index (χ0v) is 12.4. The number of esters is 1. The zero-order chi connectivity index (χ0) is 13.4. The Hall–Kier alpha value is -1.16. The fourth-order valence-corrected chi connectivity index (χ4v) is 1.96. The minimum Gasteiger partial charge on any atom is -0.466 e. The lowest BCUT2D eigenvalue weighted by Crippen LogP contribution is -2.02. The van der Waals surface area contributed by atoms with Gasteiger partial charge < -0.3 is 4.74 Å². The third kappa shape index (κ3) is 5.00. The summed E-state index contributed by atoms with van der Waals surface area (Å²) in [6.07, 6.45) is 4.07. The van der Waals surface area contributed by atoms with Crippen LogP contribution in [0.25, 0.3) is 5.57 Å². The first kappa shape index (κ1) is 14.9. The number of aromatic nitrogens is 1. The summed E-state index contributed by atoms with van der Waals surface area (Å²) < 4.78 is 5.71. The van der Waals surface area contributed by atoms with Crippen LogP contribution in [-0.2, 0) is 9.53 Å². The van der Waals surface area contributed by atoms with Crippen molar-refractivity contribution in [1.29, 1.82) is 0 Å². The molecule has 0 fully saturated rings. The minimum atomic E-state index is -0.147. The van der Waals surface area contributed by atoms with Crippen LogP contribution in [0.1, 0.15) is 38.8 Å². The Balaban J connectivity index is 2.63. The van der Waals surface area contributed by atoms with Crippen molar-refractivity contribution in [1.82, 2.24) is 4.98 Å². The fourth-order valence-electron chi connectivity index (χ4n) is 1.61. The highest BCUT2D eigenvalue weighted by molar-refractivity contribution is 9.10. The molecule has 0 amide bonds. The molecule has 0 aliphatic rings. The van der Waals surface area contributed by atoms with Crippen molar-refractivity contribution in [3.63, 3.8) is 0 Å². The van der Waals surface area contributed by atoms with E-state index in [1.165, 1.54) is 0 Å². The molecule has 0 bridgehead atoms. The molecule has 0 aromatic carbocycles. The summed E-state index contributed by atoms with van der Waals surface area (Å²) in [7, 11) is 0. The van der Waals surface area contributed by atoms with E-state index in [1.54, 1.807) is 0 Å². The van der Waals surface area contributed by atoms with Gasteiger partial charge in [0.15, 0.2) is 0 Å². The number of rotatable bonds is 6. The van der Waals surface area contributed by atoms with E-state index in [0.717, 1.165) is 22.3 Å². The number of ether oxygens (including phenoxy) is 1. The van der Waals surface area contributed by atoms with E-state index in [2.05, 4.69) is 33.9 Å². The average Bonchev–Trinajstić information content (AvgIpc) is 2.35. The average molecular weight is 312 g/mol. The molecule has 0 unspecified atom stereocenters. The predicted molar refractivity (Wildman–Crippen MR) is 76.1 cm³/mol. The highest BCUT2D eigenvalue weighted by Crippen LogP contribution is 2.19. The summed E-state index contributed by atoms with van der Waals surface area (Å²) in [5.74, 6) is -0.147. The molecule has 98 valence electrons. The Kier molecular flexibility index (Phi) is 6.65. The number of allylic oxidation sites excluding steroid dienone is 2. The summed E-state index contributed by atoms with van der Waals surface area (Å²) in [6, 6.07) is 5.83. The Morgan fingerprint density at radius 3 is 2.83 bits per heavy atom. The van der Waals surface area contributed by atoms with Gasteiger partial charge in [0.25, 0.3) is 0 Å². The molecular weight excluding hydrogens is 294 g/mol. The van der Waals surface area contributed by atoms with Crippen LogP contribution in [0.4, 0.5) is 0 Å². The summed E-state index contributed by atoms with van der Waals surface area (Å²) in [4.78, 5) is 15.6. The second-order valence-electron chi connectivity index (χ2n) is 3.77. The van der Waals surface area contributed by atoms with E-state index >= 15 is 0 Å². The van der Waals surface area contributed by atoms with E-state index in [-0.39, 0.29) is 5.97 Å². The summed E-state index contributed by atoms with van der Waals surface area (Å²) in [6.45, 7) is 4.34. The highest BCUT2D eigenvalue weighted by atomic mass is 79.9. The van der Waals surface area contributed by atoms with Crippen molar-refractivity contribution in [3.8, 4) is 0 Å². The number of pyridine rings is 1. The smallest absolute Gasteiger partial charge is 0.306 e. The van der Waals surface area contributed by atoms with E-state index in [4.69, 9.17) is 4.74 Å². The zero-order valence-electron chi connectivity index (χ0n) is 10.8. The second kappa shape index (κ2) is 8.03. The van der Waals surface area contributed by atoms with Crippen LogP contribution in [-0.4, -0.2) is 17.6 Å². The monoisotopic (exact) mass is 311 g/mol. The van der Waals surface area contributed by atoms with Crippen LogP contribution in [0.5, 0.6) is 0 Å². The molecule has 1 aromatic rings. The molecule has 0 saturated carbocycles. The van der Waals surface area contributed by atoms with Gasteiger partial charge in [0, 0.05) is 6.42 Å². The summed E-state index contributed by atoms with van der Waals surface area (Å²) in [5, 5.41) is 0. The Morgan fingerprint density at radius 1 is 1.44 bits per heavy atom. The number of hydrogen-bond acceptors (Lipinski definition) is 3. The highest BCUT2D eigenvalue weighted by Gasteiger charge is 2.03. The van der Waals surface area contributed by atoms with E-state index in [1.807, 2.05) is 25.1 Å². The first-order chi connectivity index (χ1) is 8.67. The molecule has 1 aromatic heterocycles. The Bertz CT molecular complexity index is 430. The van der Waals surface area contributed by atoms with Gasteiger partial charge in [-0.3, -0.25) is 4.79 Å². The molecular formula is C14H18BrNO2. The van der Waals surface area contributed by atoms with Crippen molar-refractivity contribution < 1.29 is 9.53 Å². The maximum Gasteiger partial charge on any atom is 0.306 e. The number of nitrogens with zero attached hydrogens (tertiary/aromatic N) is 1. The van der Waals surface area contributed by atoms with Crippen LogP contribution in [0.3, 0.4) is 0 Å². The topological polar surface area (TPSA) is 39.2 Å². The van der Waals surface area contributed by atoms with Crippen molar-refractivity contribution >= 4 is 27.5 Å². The molecule has 0 spiro atoms. The van der Waals surface area contributed by atoms with Crippen LogP contribution in [0.2, 0.25) is 0 Å². The second-order valence-corrected chi connectivity index (χ2v) is 4.58. The standard InChI is InChI=1S/C14H18BrNO2/c1-3-11(7-5-10-14(17)18-4-2)12-8-6-9-13(15)16-12/h6-9H,3-5,10H2,1-2H3. The molecule has 0 saturated heterocycles. The predicted octanol–water partition coefficient (Wildman–Crippen LogP) is 3.98. The molecule has 3 nitrogen and oxygen atoms in total. The maximum absolute atomic E-state index is 11.2. The van der Waals surface area contributed by atoms with Gasteiger partial charge in [-0.25, -0.2) is 4.98 Å². The van der Waals surface area contributed by atoms with Gasteiger partial charge in [-0.2, -0.15) is 0 Å². The molecule has 1 heterocycles. The molecule has 0 aliphatic carbocycles. The fraction of sp³-hybridized carbons (Fsp3) is 0.429. The maximum atomic E-state index is 11.2. The van der Waals surface area contributed by atoms with Crippen LogP contribution in [0.15, 0.2) is 28.9 Å². The quantitative estimate of drug-likeness (QED) is 0.589. The van der Waals surface area contributed by atoms with Gasteiger partial charge in [-0.15, -0.1) is 0 Å². The first-order valence-electron chi connectivity index (χ1n) is 6.15. The molecule has 0 aliphatic heterocycles. The number of halogens is 1. The SMILES string of the molecule is CCOC(=O)CCC=C(CC)c1cccc(Br)n1. The third-order valence-electron chi connectivity index (χ3n) is 2.47. The molecule has 4 heteroatoms. The molecule has 18 heavy (non-hydrogen) atoms. The van der Waals surface area contributed by atoms with Crippen molar-refractivity contribution in [2.24, 2.45) is 0 Å². The molecule has 0 atom stereocenters. The lowest BCUT2D eigenvalue weighted by atomic mass is 10.1. The van der Waals surface area contributed by atoms with Crippen LogP contribution in [0, 0.1) is 0 Å². The molecule has 0 radical (unpaired) electrons. The lowest BCUT2D eigenvalue weighted by molar-refractivity contribution is -0.142. The summed E-state index contributed by atoms with van der Waals surface area (Å²) in [5.41, 5.74) is 2.11. The van der Waals surface area contributed by atoms with Crippen molar-refractivity contribution in [2.75, 3.05) is 6.61 Å². The first-order valence-corrected chi connectivity index (χ1v) is 6.94. The van der Waals surface area contributed by atoms with Crippen molar-refractivity contribution in [3.05, 3.63) is 34.6 Å². The van der Waals surface area contributed by atoms with Crippen LogP contribution >= 0.6 is 15.9 Å². The van der Waals surface area contributed by atoms with Gasteiger partial charge in [-0.1, -0.05) is 19.1 Å². The minimum absolute atomic E-state index is 0.147. The van der Waals surface area contributed by atoms with Gasteiger partial charge in [0.1, 0.15) is 4.60 Å². The third-order valence-corrected chi connectivity index (χ3v) is 2.91. The Morgan fingerprint density at radius 2 is 2.22 bits per heavy atom. The van der Waals surface area contributed by atoms with Gasteiger partial charge in [0.05, 0.1) is 12.3 Å². The largest absolute Gasteiger partial charge is 0.466 e. The number of hydrogen-bond donors (Lipinski definition) is 0. The van der Waals surface area contributed by atoms with Crippen LogP contribution < -0.4 is 0 Å². The van der Waals surface area contributed by atoms with Gasteiger partial charge >= 0.3 is 5.97 Å². The lowest BCUT2D eigenvalue weighted by Gasteiger charge is -2.05. The number of carbonyl (C=O) groups is 1. The molecule has 1 rings (SSSR count). The van der Waals surface area contributed by atoms with E-state index < -0.39 is 0 Å². The molecule has 0 N–H and O–H groups in total. The number of carbonyl (C=O) groups excluding carboxylic acids is 1. The normalized spacial score (nSPS) is 11.4. The van der Waals surface area contributed by atoms with Gasteiger partial charge in [-0.05, 0) is 53.4 Å². The van der Waals surface area contributed by atoms with E-state index in [9.17, 15) is 4.79 Å². The summed E-state index contributed by atoms with van der Waals surface area (Å²) >= 11 is 3.36. The van der Waals surface area contributed by atoms with E-state index in [0.29, 0.717) is 19.4 Å². The van der Waals surface area contributed by atoms with Crippen molar-refractivity contribution in [2.45, 2.75) is 33.1 Å². The van der Waals surface area contributed by atoms with Gasteiger partial charge in [0.2, 0.25) is 0 Å². The Labute approximate surface area is 116 Å².